The summed E-state index contributed by atoms with van der Waals surface area (Å²) in [6.07, 6.45) is 1.73. The minimum absolute atomic E-state index is 0.224. The summed E-state index contributed by atoms with van der Waals surface area (Å²) in [4.78, 5) is 20.4. The van der Waals surface area contributed by atoms with Crippen LogP contribution in [0.3, 0.4) is 0 Å². The molecule has 0 fully saturated rings. The van der Waals surface area contributed by atoms with Crippen LogP contribution < -0.4 is 9.47 Å². The summed E-state index contributed by atoms with van der Waals surface area (Å²) < 4.78 is 16.0. The van der Waals surface area contributed by atoms with Gasteiger partial charge in [-0.3, -0.25) is 4.79 Å². The van der Waals surface area contributed by atoms with Gasteiger partial charge in [-0.15, -0.1) is 0 Å². The first kappa shape index (κ1) is 21.8. The molecular weight excluding hydrogens is 432 g/mol. The lowest BCUT2D eigenvalue weighted by Crippen LogP contribution is -2.37. The van der Waals surface area contributed by atoms with Crippen LogP contribution in [0.25, 0.3) is 0 Å². The van der Waals surface area contributed by atoms with Gasteiger partial charge in [0.25, 0.3) is 5.91 Å². The first-order chi connectivity index (χ1) is 15.6. The molecule has 1 aliphatic heterocycles. The fraction of sp³-hybridized carbons (Fsp3) is 0.250. The van der Waals surface area contributed by atoms with Crippen molar-refractivity contribution in [1.29, 1.82) is 0 Å². The maximum Gasteiger partial charge on any atom is 0.289 e. The van der Waals surface area contributed by atoms with E-state index in [0.717, 1.165) is 16.8 Å². The third-order valence-electron chi connectivity index (χ3n) is 5.16. The number of rotatable bonds is 8. The number of carbonyl (C=O) groups is 1. The molecule has 0 spiro atoms. The zero-order valence-corrected chi connectivity index (χ0v) is 18.5. The summed E-state index contributed by atoms with van der Waals surface area (Å²) >= 11 is 6.13. The van der Waals surface area contributed by atoms with Crippen molar-refractivity contribution in [3.63, 3.8) is 0 Å². The SMILES string of the molecule is COc1ccc(C2=NOC(CN(Cc3cccc(Cl)c3)C(=O)c3ccco3)C2)cc1OC. The molecule has 1 atom stereocenters. The summed E-state index contributed by atoms with van der Waals surface area (Å²) in [5.41, 5.74) is 2.57. The number of ether oxygens (including phenoxy) is 2. The summed E-state index contributed by atoms with van der Waals surface area (Å²) in [6, 6.07) is 16.4. The Bertz CT molecular complexity index is 1110. The van der Waals surface area contributed by atoms with E-state index in [2.05, 4.69) is 5.16 Å². The number of amides is 1. The van der Waals surface area contributed by atoms with Crippen molar-refractivity contribution in [3.05, 3.63) is 82.8 Å². The van der Waals surface area contributed by atoms with Crippen LogP contribution >= 0.6 is 11.6 Å². The normalized spacial score (nSPS) is 15.1. The first-order valence-corrected chi connectivity index (χ1v) is 10.5. The molecule has 1 unspecified atom stereocenters. The Balaban J connectivity index is 1.49. The van der Waals surface area contributed by atoms with Crippen LogP contribution in [-0.4, -0.2) is 43.4 Å². The van der Waals surface area contributed by atoms with Crippen molar-refractivity contribution in [1.82, 2.24) is 4.90 Å². The molecule has 166 valence electrons. The van der Waals surface area contributed by atoms with Gasteiger partial charge in [0.05, 0.1) is 32.7 Å². The molecule has 4 rings (SSSR count). The van der Waals surface area contributed by atoms with Crippen molar-refractivity contribution in [3.8, 4) is 11.5 Å². The largest absolute Gasteiger partial charge is 0.493 e. The molecule has 3 aromatic rings. The highest BCUT2D eigenvalue weighted by molar-refractivity contribution is 6.30. The van der Waals surface area contributed by atoms with Crippen LogP contribution in [0.5, 0.6) is 11.5 Å². The maximum atomic E-state index is 13.1. The Morgan fingerprint density at radius 2 is 1.97 bits per heavy atom. The van der Waals surface area contributed by atoms with E-state index in [1.165, 1.54) is 6.26 Å². The zero-order chi connectivity index (χ0) is 22.5. The average Bonchev–Trinajstić information content (AvgIpc) is 3.50. The standard InChI is InChI=1S/C24H23ClN2O5/c1-29-21-9-8-17(12-23(21)30-2)20-13-19(32-26-20)15-27(24(28)22-7-4-10-31-22)14-16-5-3-6-18(25)11-16/h3-12,19H,13-15H2,1-2H3. The molecule has 2 aromatic carbocycles. The highest BCUT2D eigenvalue weighted by atomic mass is 35.5. The quantitative estimate of drug-likeness (QED) is 0.489. The third-order valence-corrected chi connectivity index (χ3v) is 5.39. The Kier molecular flexibility index (Phi) is 6.66. The molecule has 7 nitrogen and oxygen atoms in total. The fourth-order valence-corrected chi connectivity index (χ4v) is 3.80. The number of benzene rings is 2. The number of carbonyl (C=O) groups excluding carboxylic acids is 1. The van der Waals surface area contributed by atoms with Crippen molar-refractivity contribution < 1.29 is 23.5 Å². The van der Waals surface area contributed by atoms with Gasteiger partial charge in [-0.05, 0) is 48.0 Å². The molecule has 0 bridgehead atoms. The van der Waals surface area contributed by atoms with Gasteiger partial charge in [0.15, 0.2) is 23.4 Å². The van der Waals surface area contributed by atoms with Gasteiger partial charge in [-0.25, -0.2) is 0 Å². The van der Waals surface area contributed by atoms with Crippen LogP contribution in [0.4, 0.5) is 0 Å². The lowest BCUT2D eigenvalue weighted by atomic mass is 10.0. The van der Waals surface area contributed by atoms with Gasteiger partial charge in [-0.1, -0.05) is 28.9 Å². The predicted molar refractivity (Wildman–Crippen MR) is 120 cm³/mol. The molecule has 32 heavy (non-hydrogen) atoms. The Morgan fingerprint density at radius 3 is 2.69 bits per heavy atom. The van der Waals surface area contributed by atoms with Crippen LogP contribution in [0.1, 0.15) is 28.1 Å². The lowest BCUT2D eigenvalue weighted by molar-refractivity contribution is 0.0387. The Morgan fingerprint density at radius 1 is 1.12 bits per heavy atom. The molecule has 0 saturated heterocycles. The lowest BCUT2D eigenvalue weighted by Gasteiger charge is -2.24. The molecule has 0 radical (unpaired) electrons. The maximum absolute atomic E-state index is 13.1. The van der Waals surface area contributed by atoms with E-state index >= 15 is 0 Å². The van der Waals surface area contributed by atoms with E-state index in [4.69, 9.17) is 30.3 Å². The monoisotopic (exact) mass is 454 g/mol. The van der Waals surface area contributed by atoms with Crippen LogP contribution in [0.2, 0.25) is 5.02 Å². The van der Waals surface area contributed by atoms with Crippen LogP contribution in [-0.2, 0) is 11.4 Å². The van der Waals surface area contributed by atoms with Gasteiger partial charge in [0.1, 0.15) is 0 Å². The van der Waals surface area contributed by atoms with Crippen molar-refractivity contribution in [2.45, 2.75) is 19.1 Å². The van der Waals surface area contributed by atoms with E-state index < -0.39 is 0 Å². The molecule has 0 N–H and O–H groups in total. The van der Waals surface area contributed by atoms with Gasteiger partial charge < -0.3 is 23.6 Å². The highest BCUT2D eigenvalue weighted by Gasteiger charge is 2.28. The second-order valence-electron chi connectivity index (χ2n) is 7.33. The minimum atomic E-state index is -0.295. The van der Waals surface area contributed by atoms with E-state index in [1.54, 1.807) is 37.3 Å². The second kappa shape index (κ2) is 9.78. The summed E-state index contributed by atoms with van der Waals surface area (Å²) in [7, 11) is 3.18. The zero-order valence-electron chi connectivity index (χ0n) is 17.8. The highest BCUT2D eigenvalue weighted by Crippen LogP contribution is 2.30. The number of oxime groups is 1. The van der Waals surface area contributed by atoms with Crippen molar-refractivity contribution in [2.75, 3.05) is 20.8 Å². The van der Waals surface area contributed by atoms with E-state index in [-0.39, 0.29) is 17.8 Å². The van der Waals surface area contributed by atoms with Gasteiger partial charge in [0, 0.05) is 23.6 Å². The predicted octanol–water partition coefficient (Wildman–Crippen LogP) is 4.79. The number of methoxy groups -OCH3 is 2. The van der Waals surface area contributed by atoms with E-state index in [0.29, 0.717) is 36.0 Å². The van der Waals surface area contributed by atoms with Crippen LogP contribution in [0.15, 0.2) is 70.4 Å². The molecule has 0 saturated carbocycles. The van der Waals surface area contributed by atoms with Gasteiger partial charge in [0.2, 0.25) is 0 Å². The van der Waals surface area contributed by atoms with Gasteiger partial charge in [-0.2, -0.15) is 0 Å². The number of halogens is 1. The molecule has 2 heterocycles. The van der Waals surface area contributed by atoms with Crippen LogP contribution in [0, 0.1) is 0 Å². The summed E-state index contributed by atoms with van der Waals surface area (Å²) in [5.74, 6) is 1.31. The molecule has 8 heteroatoms. The molecule has 1 aliphatic rings. The van der Waals surface area contributed by atoms with Gasteiger partial charge >= 0.3 is 0 Å². The van der Waals surface area contributed by atoms with Crippen molar-refractivity contribution in [2.24, 2.45) is 5.16 Å². The smallest absolute Gasteiger partial charge is 0.289 e. The average molecular weight is 455 g/mol. The van der Waals surface area contributed by atoms with E-state index in [1.807, 2.05) is 36.4 Å². The molecular formula is C24H23ClN2O5. The number of furan rings is 1. The van der Waals surface area contributed by atoms with Crippen molar-refractivity contribution >= 4 is 23.2 Å². The first-order valence-electron chi connectivity index (χ1n) is 10.1. The summed E-state index contributed by atoms with van der Waals surface area (Å²) in [6.45, 7) is 0.706. The number of hydrogen-bond donors (Lipinski definition) is 0. The second-order valence-corrected chi connectivity index (χ2v) is 7.77. The molecule has 0 aliphatic carbocycles. The molecule has 1 amide bonds. The molecule has 1 aromatic heterocycles. The Hall–Kier alpha value is -3.45. The fourth-order valence-electron chi connectivity index (χ4n) is 3.59. The minimum Gasteiger partial charge on any atom is -0.493 e. The van der Waals surface area contributed by atoms with E-state index in [9.17, 15) is 4.79 Å². The third kappa shape index (κ3) is 4.89. The number of hydrogen-bond acceptors (Lipinski definition) is 6. The number of nitrogens with zero attached hydrogens (tertiary/aromatic N) is 2. The Labute approximate surface area is 191 Å². The summed E-state index contributed by atoms with van der Waals surface area (Å²) in [5, 5.41) is 4.87. The topological polar surface area (TPSA) is 73.5 Å².